The predicted molar refractivity (Wildman–Crippen MR) is 60.6 cm³/mol. The molecule has 0 spiro atoms. The fourth-order valence-corrected chi connectivity index (χ4v) is 2.11. The highest BCUT2D eigenvalue weighted by atomic mass is 16.3. The van der Waals surface area contributed by atoms with E-state index < -0.39 is 0 Å². The van der Waals surface area contributed by atoms with Crippen LogP contribution in [0.3, 0.4) is 0 Å². The Bertz CT molecular complexity index is 276. The van der Waals surface area contributed by atoms with Crippen LogP contribution in [0.25, 0.3) is 0 Å². The van der Waals surface area contributed by atoms with Gasteiger partial charge in [-0.25, -0.2) is 0 Å². The van der Waals surface area contributed by atoms with Crippen molar-refractivity contribution < 1.29 is 4.42 Å². The average molecular weight is 208 g/mol. The third kappa shape index (κ3) is 3.08. The van der Waals surface area contributed by atoms with Gasteiger partial charge in [0, 0.05) is 18.7 Å². The van der Waals surface area contributed by atoms with Crippen LogP contribution in [-0.2, 0) is 6.54 Å². The van der Waals surface area contributed by atoms with Crippen LogP contribution < -0.4 is 10.6 Å². The zero-order valence-corrected chi connectivity index (χ0v) is 9.38. The molecule has 2 heterocycles. The van der Waals surface area contributed by atoms with E-state index in [1.165, 1.54) is 18.4 Å². The molecule has 1 saturated heterocycles. The summed E-state index contributed by atoms with van der Waals surface area (Å²) in [5.74, 6) is 0. The quantitative estimate of drug-likeness (QED) is 0.791. The lowest BCUT2D eigenvalue weighted by Gasteiger charge is -2.34. The zero-order chi connectivity index (χ0) is 10.6. The summed E-state index contributed by atoms with van der Waals surface area (Å²) in [6, 6.07) is 2.01. The van der Waals surface area contributed by atoms with Gasteiger partial charge in [0.2, 0.25) is 0 Å². The molecule has 0 atom stereocenters. The molecule has 0 unspecified atom stereocenters. The molecule has 15 heavy (non-hydrogen) atoms. The Balaban J connectivity index is 1.72. The van der Waals surface area contributed by atoms with E-state index in [0.29, 0.717) is 5.41 Å². The number of furan rings is 1. The lowest BCUT2D eigenvalue weighted by atomic mass is 9.81. The van der Waals surface area contributed by atoms with E-state index in [2.05, 4.69) is 17.6 Å². The van der Waals surface area contributed by atoms with Crippen molar-refractivity contribution in [2.75, 3.05) is 19.6 Å². The van der Waals surface area contributed by atoms with Gasteiger partial charge in [0.25, 0.3) is 0 Å². The van der Waals surface area contributed by atoms with E-state index in [1.54, 1.807) is 12.5 Å². The lowest BCUT2D eigenvalue weighted by Crippen LogP contribution is -2.41. The minimum absolute atomic E-state index is 0.467. The Morgan fingerprint density at radius 1 is 1.47 bits per heavy atom. The molecule has 3 heteroatoms. The molecule has 1 aliphatic heterocycles. The standard InChI is InChI=1S/C12H20N2O/c1-12(3-5-13-6-4-12)10-14-8-11-2-7-15-9-11/h2,7,9,13-14H,3-6,8,10H2,1H3. The SMILES string of the molecule is CC1(CNCc2ccoc2)CCNCC1. The minimum Gasteiger partial charge on any atom is -0.472 e. The summed E-state index contributed by atoms with van der Waals surface area (Å²) in [5, 5.41) is 6.91. The highest BCUT2D eigenvalue weighted by molar-refractivity contribution is 5.04. The number of hydrogen-bond donors (Lipinski definition) is 2. The molecule has 3 nitrogen and oxygen atoms in total. The van der Waals surface area contributed by atoms with Gasteiger partial charge in [-0.05, 0) is 37.4 Å². The van der Waals surface area contributed by atoms with Gasteiger partial charge in [-0.1, -0.05) is 6.92 Å². The molecule has 2 N–H and O–H groups in total. The van der Waals surface area contributed by atoms with E-state index in [9.17, 15) is 0 Å². The third-order valence-electron chi connectivity index (χ3n) is 3.27. The normalized spacial score (nSPS) is 20.3. The van der Waals surface area contributed by atoms with Crippen LogP contribution in [0, 0.1) is 5.41 Å². The third-order valence-corrected chi connectivity index (χ3v) is 3.27. The van der Waals surface area contributed by atoms with Gasteiger partial charge >= 0.3 is 0 Å². The molecule has 1 aliphatic rings. The lowest BCUT2D eigenvalue weighted by molar-refractivity contribution is 0.220. The first-order chi connectivity index (χ1) is 7.29. The van der Waals surface area contributed by atoms with E-state index in [0.717, 1.165) is 26.2 Å². The largest absolute Gasteiger partial charge is 0.472 e. The minimum atomic E-state index is 0.467. The molecule has 2 rings (SSSR count). The first-order valence-electron chi connectivity index (χ1n) is 5.71. The molecule has 0 radical (unpaired) electrons. The van der Waals surface area contributed by atoms with Crippen LogP contribution in [0.2, 0.25) is 0 Å². The van der Waals surface area contributed by atoms with Crippen molar-refractivity contribution in [3.8, 4) is 0 Å². The van der Waals surface area contributed by atoms with Gasteiger partial charge in [0.15, 0.2) is 0 Å². The van der Waals surface area contributed by atoms with E-state index in [4.69, 9.17) is 4.42 Å². The Morgan fingerprint density at radius 3 is 2.93 bits per heavy atom. The molecule has 0 bridgehead atoms. The first-order valence-corrected chi connectivity index (χ1v) is 5.71. The summed E-state index contributed by atoms with van der Waals surface area (Å²) in [4.78, 5) is 0. The maximum absolute atomic E-state index is 5.03. The van der Waals surface area contributed by atoms with Crippen LogP contribution in [0.4, 0.5) is 0 Å². The highest BCUT2D eigenvalue weighted by Crippen LogP contribution is 2.26. The van der Waals surface area contributed by atoms with Crippen LogP contribution in [-0.4, -0.2) is 19.6 Å². The zero-order valence-electron chi connectivity index (χ0n) is 9.38. The second-order valence-electron chi connectivity index (χ2n) is 4.80. The van der Waals surface area contributed by atoms with Crippen LogP contribution in [0.1, 0.15) is 25.3 Å². The first kappa shape index (κ1) is 10.7. The van der Waals surface area contributed by atoms with Crippen molar-refractivity contribution >= 4 is 0 Å². The molecule has 0 saturated carbocycles. The van der Waals surface area contributed by atoms with Crippen molar-refractivity contribution in [1.29, 1.82) is 0 Å². The molecular formula is C12H20N2O. The smallest absolute Gasteiger partial charge is 0.0947 e. The fourth-order valence-electron chi connectivity index (χ4n) is 2.11. The number of hydrogen-bond acceptors (Lipinski definition) is 3. The number of rotatable bonds is 4. The Hall–Kier alpha value is -0.800. The second-order valence-corrected chi connectivity index (χ2v) is 4.80. The number of piperidine rings is 1. The summed E-state index contributed by atoms with van der Waals surface area (Å²) in [6.45, 7) is 6.70. The Morgan fingerprint density at radius 2 is 2.27 bits per heavy atom. The molecule has 84 valence electrons. The van der Waals surface area contributed by atoms with Crippen molar-refractivity contribution in [1.82, 2.24) is 10.6 Å². The van der Waals surface area contributed by atoms with Crippen LogP contribution in [0.5, 0.6) is 0 Å². The summed E-state index contributed by atoms with van der Waals surface area (Å²) < 4.78 is 5.03. The van der Waals surface area contributed by atoms with Crippen molar-refractivity contribution in [3.63, 3.8) is 0 Å². The fraction of sp³-hybridized carbons (Fsp3) is 0.667. The van der Waals surface area contributed by atoms with Crippen LogP contribution >= 0.6 is 0 Å². The summed E-state index contributed by atoms with van der Waals surface area (Å²) in [6.07, 6.45) is 6.07. The van der Waals surface area contributed by atoms with Gasteiger partial charge in [0.05, 0.1) is 12.5 Å². The van der Waals surface area contributed by atoms with E-state index >= 15 is 0 Å². The Labute approximate surface area is 91.2 Å². The summed E-state index contributed by atoms with van der Waals surface area (Å²) >= 11 is 0. The number of nitrogens with one attached hydrogen (secondary N) is 2. The van der Waals surface area contributed by atoms with Gasteiger partial charge in [-0.2, -0.15) is 0 Å². The molecule has 1 aromatic heterocycles. The van der Waals surface area contributed by atoms with Gasteiger partial charge in [-0.15, -0.1) is 0 Å². The molecule has 0 amide bonds. The molecule has 1 aromatic rings. The maximum Gasteiger partial charge on any atom is 0.0947 e. The van der Waals surface area contributed by atoms with E-state index in [1.807, 2.05) is 6.07 Å². The highest BCUT2D eigenvalue weighted by Gasteiger charge is 2.25. The van der Waals surface area contributed by atoms with Gasteiger partial charge < -0.3 is 15.1 Å². The van der Waals surface area contributed by atoms with Crippen molar-refractivity contribution in [3.05, 3.63) is 24.2 Å². The van der Waals surface area contributed by atoms with E-state index in [-0.39, 0.29) is 0 Å². The average Bonchev–Trinajstić information content (AvgIpc) is 2.71. The Kier molecular flexibility index (Phi) is 3.44. The van der Waals surface area contributed by atoms with Crippen molar-refractivity contribution in [2.45, 2.75) is 26.3 Å². The molecule has 0 aromatic carbocycles. The monoisotopic (exact) mass is 208 g/mol. The molecule has 1 fully saturated rings. The second kappa shape index (κ2) is 4.81. The summed E-state index contributed by atoms with van der Waals surface area (Å²) in [5.41, 5.74) is 1.70. The topological polar surface area (TPSA) is 37.2 Å². The van der Waals surface area contributed by atoms with Crippen LogP contribution in [0.15, 0.2) is 23.0 Å². The molecule has 0 aliphatic carbocycles. The van der Waals surface area contributed by atoms with Gasteiger partial charge in [-0.3, -0.25) is 0 Å². The predicted octanol–water partition coefficient (Wildman–Crippen LogP) is 1.76. The molecular weight excluding hydrogens is 188 g/mol. The summed E-state index contributed by atoms with van der Waals surface area (Å²) in [7, 11) is 0. The van der Waals surface area contributed by atoms with Gasteiger partial charge in [0.1, 0.15) is 0 Å². The van der Waals surface area contributed by atoms with Crippen molar-refractivity contribution in [2.24, 2.45) is 5.41 Å². The maximum atomic E-state index is 5.03.